The summed E-state index contributed by atoms with van der Waals surface area (Å²) < 4.78 is 7.14. The van der Waals surface area contributed by atoms with Crippen molar-refractivity contribution in [3.05, 3.63) is 71.4 Å². The molecule has 1 N–H and O–H groups in total. The van der Waals surface area contributed by atoms with Crippen LogP contribution in [-0.2, 0) is 14.3 Å². The highest BCUT2D eigenvalue weighted by atomic mass is 16.5. The number of aliphatic hydroxyl groups excluding tert-OH is 1. The van der Waals surface area contributed by atoms with Crippen molar-refractivity contribution in [3.8, 4) is 0 Å². The van der Waals surface area contributed by atoms with E-state index in [0.717, 1.165) is 18.7 Å². The number of aliphatic hydroxyl groups is 1. The molecular formula is C24H25N5O4. The van der Waals surface area contributed by atoms with Crippen molar-refractivity contribution in [1.29, 1.82) is 0 Å². The minimum atomic E-state index is -0.706. The second-order valence-corrected chi connectivity index (χ2v) is 8.20. The second-order valence-electron chi connectivity index (χ2n) is 8.20. The molecule has 3 aromatic rings. The predicted molar refractivity (Wildman–Crippen MR) is 120 cm³/mol. The molecule has 3 aromatic heterocycles. The first-order valence-corrected chi connectivity index (χ1v) is 11.0. The lowest BCUT2D eigenvalue weighted by Crippen LogP contribution is -2.42. The van der Waals surface area contributed by atoms with Gasteiger partial charge in [-0.2, -0.15) is 0 Å². The summed E-state index contributed by atoms with van der Waals surface area (Å²) in [5.74, 6) is -1.53. The summed E-state index contributed by atoms with van der Waals surface area (Å²) >= 11 is 0. The number of amides is 1. The van der Waals surface area contributed by atoms with Gasteiger partial charge in [0.05, 0.1) is 30.5 Å². The summed E-state index contributed by atoms with van der Waals surface area (Å²) in [6.07, 6.45) is 5.02. The van der Waals surface area contributed by atoms with Crippen LogP contribution in [-0.4, -0.2) is 80.4 Å². The van der Waals surface area contributed by atoms with E-state index in [1.165, 1.54) is 0 Å². The van der Waals surface area contributed by atoms with Crippen LogP contribution in [0.1, 0.15) is 23.0 Å². The highest BCUT2D eigenvalue weighted by Gasteiger charge is 2.46. The number of carbonyl (C=O) groups is 2. The van der Waals surface area contributed by atoms with Crippen LogP contribution in [0.4, 0.5) is 0 Å². The van der Waals surface area contributed by atoms with Crippen molar-refractivity contribution in [1.82, 2.24) is 24.2 Å². The number of ether oxygens (including phenoxy) is 1. The molecule has 2 aliphatic heterocycles. The van der Waals surface area contributed by atoms with E-state index in [1.54, 1.807) is 46.9 Å². The number of ketones is 1. The molecule has 5 heterocycles. The number of rotatable bonds is 5. The normalized spacial score (nSPS) is 21.2. The number of likely N-dealkylation sites (tertiary alicyclic amines) is 1. The molecule has 5 rings (SSSR count). The quantitative estimate of drug-likeness (QED) is 0.362. The minimum Gasteiger partial charge on any atom is -0.505 e. The maximum Gasteiger partial charge on any atom is 0.295 e. The number of hydrogen-bond acceptors (Lipinski definition) is 7. The fourth-order valence-electron chi connectivity index (χ4n) is 4.60. The van der Waals surface area contributed by atoms with Gasteiger partial charge in [-0.1, -0.05) is 6.07 Å². The van der Waals surface area contributed by atoms with E-state index in [4.69, 9.17) is 4.74 Å². The average molecular weight is 447 g/mol. The first-order valence-electron chi connectivity index (χ1n) is 11.0. The Bertz CT molecular complexity index is 1230. The molecule has 2 aliphatic rings. The summed E-state index contributed by atoms with van der Waals surface area (Å²) in [7, 11) is 0. The summed E-state index contributed by atoms with van der Waals surface area (Å²) in [5.41, 5.74) is 2.43. The molecule has 0 radical (unpaired) electrons. The third-order valence-electron chi connectivity index (χ3n) is 6.25. The maximum absolute atomic E-state index is 13.2. The van der Waals surface area contributed by atoms with Gasteiger partial charge < -0.3 is 14.7 Å². The fraction of sp³-hybridized carbons (Fsp3) is 0.333. The minimum absolute atomic E-state index is 0.0712. The van der Waals surface area contributed by atoms with Gasteiger partial charge in [0.25, 0.3) is 11.7 Å². The SMILES string of the molecule is Cc1nc2ccccn2c1C(O)=C1C(=O)C(=O)N(CCN2CCOCC2)[C@H]1c1ccncc1. The summed E-state index contributed by atoms with van der Waals surface area (Å²) in [6.45, 7) is 5.63. The van der Waals surface area contributed by atoms with Crippen LogP contribution in [0.15, 0.2) is 54.5 Å². The first kappa shape index (κ1) is 21.3. The van der Waals surface area contributed by atoms with E-state index in [-0.39, 0.29) is 11.3 Å². The zero-order valence-corrected chi connectivity index (χ0v) is 18.3. The molecule has 33 heavy (non-hydrogen) atoms. The van der Waals surface area contributed by atoms with Crippen LogP contribution in [0.5, 0.6) is 0 Å². The lowest BCUT2D eigenvalue weighted by atomic mass is 9.97. The van der Waals surface area contributed by atoms with E-state index < -0.39 is 17.7 Å². The number of carbonyl (C=O) groups excluding carboxylic acids is 2. The molecular weight excluding hydrogens is 422 g/mol. The van der Waals surface area contributed by atoms with Crippen LogP contribution in [0.2, 0.25) is 0 Å². The Morgan fingerprint density at radius 2 is 1.88 bits per heavy atom. The van der Waals surface area contributed by atoms with Gasteiger partial charge in [0.15, 0.2) is 5.76 Å². The van der Waals surface area contributed by atoms with Crippen molar-refractivity contribution in [2.45, 2.75) is 13.0 Å². The standard InChI is InChI=1S/C24H25N5O4/c1-16-20(28-9-3-2-4-18(28)26-16)22(30)19-21(17-5-7-25-8-6-17)29(24(32)23(19)31)11-10-27-12-14-33-15-13-27/h2-9,21,30H,10-15H2,1H3/t21-/m0/s1. The van der Waals surface area contributed by atoms with Gasteiger partial charge in [-0.25, -0.2) is 4.98 Å². The van der Waals surface area contributed by atoms with Crippen molar-refractivity contribution < 1.29 is 19.4 Å². The second kappa shape index (κ2) is 8.76. The van der Waals surface area contributed by atoms with Crippen molar-refractivity contribution >= 4 is 23.1 Å². The predicted octanol–water partition coefficient (Wildman–Crippen LogP) is 1.79. The number of hydrogen-bond donors (Lipinski definition) is 1. The molecule has 9 nitrogen and oxygen atoms in total. The molecule has 0 spiro atoms. The third-order valence-corrected chi connectivity index (χ3v) is 6.25. The lowest BCUT2D eigenvalue weighted by molar-refractivity contribution is -0.140. The number of aromatic nitrogens is 3. The van der Waals surface area contributed by atoms with Crippen molar-refractivity contribution in [2.24, 2.45) is 0 Å². The van der Waals surface area contributed by atoms with Crippen LogP contribution in [0.3, 0.4) is 0 Å². The molecule has 1 atom stereocenters. The summed E-state index contributed by atoms with van der Waals surface area (Å²) in [4.78, 5) is 38.7. The molecule has 0 aliphatic carbocycles. The molecule has 2 fully saturated rings. The number of pyridine rings is 2. The monoisotopic (exact) mass is 447 g/mol. The Balaban J connectivity index is 1.59. The zero-order chi connectivity index (χ0) is 22.9. The topological polar surface area (TPSA) is 100 Å². The largest absolute Gasteiger partial charge is 0.505 e. The van der Waals surface area contributed by atoms with Gasteiger partial charge in [-0.3, -0.25) is 23.9 Å². The van der Waals surface area contributed by atoms with Crippen LogP contribution >= 0.6 is 0 Å². The van der Waals surface area contributed by atoms with E-state index in [9.17, 15) is 14.7 Å². The van der Waals surface area contributed by atoms with E-state index in [2.05, 4.69) is 14.9 Å². The molecule has 170 valence electrons. The lowest BCUT2D eigenvalue weighted by Gasteiger charge is -2.30. The average Bonchev–Trinajstić information content (AvgIpc) is 3.31. The molecule has 1 amide bonds. The Labute approximate surface area is 190 Å². The number of imidazole rings is 1. The van der Waals surface area contributed by atoms with Crippen LogP contribution < -0.4 is 0 Å². The van der Waals surface area contributed by atoms with Gasteiger partial charge in [0.2, 0.25) is 0 Å². The highest BCUT2D eigenvalue weighted by Crippen LogP contribution is 2.39. The molecule has 0 aromatic carbocycles. The van der Waals surface area contributed by atoms with Gasteiger partial charge in [0, 0.05) is 44.8 Å². The maximum atomic E-state index is 13.2. The van der Waals surface area contributed by atoms with Crippen LogP contribution in [0, 0.1) is 6.92 Å². The molecule has 2 saturated heterocycles. The summed E-state index contributed by atoms with van der Waals surface area (Å²) in [6, 6.07) is 8.34. The van der Waals surface area contributed by atoms with Crippen LogP contribution in [0.25, 0.3) is 11.4 Å². The van der Waals surface area contributed by atoms with Crippen molar-refractivity contribution in [3.63, 3.8) is 0 Å². The number of nitrogens with zero attached hydrogens (tertiary/aromatic N) is 5. The summed E-state index contributed by atoms with van der Waals surface area (Å²) in [5, 5.41) is 11.4. The molecule has 0 saturated carbocycles. The molecule has 0 bridgehead atoms. The van der Waals surface area contributed by atoms with Crippen molar-refractivity contribution in [2.75, 3.05) is 39.4 Å². The Hall–Kier alpha value is -3.56. The zero-order valence-electron chi connectivity index (χ0n) is 18.3. The molecule has 0 unspecified atom stereocenters. The van der Waals surface area contributed by atoms with E-state index >= 15 is 0 Å². The van der Waals surface area contributed by atoms with E-state index in [1.807, 2.05) is 18.2 Å². The fourth-order valence-corrected chi connectivity index (χ4v) is 4.60. The number of aryl methyl sites for hydroxylation is 1. The van der Waals surface area contributed by atoms with Gasteiger partial charge in [0.1, 0.15) is 11.3 Å². The van der Waals surface area contributed by atoms with Gasteiger partial charge in [-0.15, -0.1) is 0 Å². The first-order chi connectivity index (χ1) is 16.1. The van der Waals surface area contributed by atoms with E-state index in [0.29, 0.717) is 43.3 Å². The van der Waals surface area contributed by atoms with Gasteiger partial charge in [-0.05, 0) is 36.8 Å². The Kier molecular flexibility index (Phi) is 5.65. The number of fused-ring (bicyclic) bond motifs is 1. The molecule has 9 heteroatoms. The third kappa shape index (κ3) is 3.79. The smallest absolute Gasteiger partial charge is 0.295 e. The Morgan fingerprint density at radius 3 is 2.64 bits per heavy atom. The number of Topliss-reactive ketones (excluding diaryl/α,β-unsaturated/α-hetero) is 1. The highest BCUT2D eigenvalue weighted by molar-refractivity contribution is 6.46. The van der Waals surface area contributed by atoms with Gasteiger partial charge >= 0.3 is 0 Å². The Morgan fingerprint density at radius 1 is 1.12 bits per heavy atom. The number of morpholine rings is 1.